The van der Waals surface area contributed by atoms with Crippen LogP contribution < -0.4 is 9.47 Å². The number of nitrogens with zero attached hydrogens (tertiary/aromatic N) is 3. The number of likely N-dealkylation sites (tertiary alicyclic amines) is 2. The predicted octanol–water partition coefficient (Wildman–Crippen LogP) is 3.72. The van der Waals surface area contributed by atoms with E-state index in [2.05, 4.69) is 53.8 Å². The summed E-state index contributed by atoms with van der Waals surface area (Å²) in [6.07, 6.45) is 6.57. The van der Waals surface area contributed by atoms with E-state index in [1.807, 2.05) is 0 Å². The molecule has 2 saturated heterocycles. The topological polar surface area (TPSA) is 28.2 Å². The lowest BCUT2D eigenvalue weighted by Gasteiger charge is -2.42. The second-order valence-electron chi connectivity index (χ2n) is 9.86. The van der Waals surface area contributed by atoms with Crippen molar-refractivity contribution in [2.45, 2.75) is 52.0 Å². The fourth-order valence-corrected chi connectivity index (χ4v) is 5.53. The zero-order chi connectivity index (χ0) is 20.9. The molecule has 0 aliphatic carbocycles. The normalized spacial score (nSPS) is 22.7. The molecule has 4 rings (SSSR count). The number of benzene rings is 1. The van der Waals surface area contributed by atoms with E-state index in [0.29, 0.717) is 12.7 Å². The molecule has 3 aliphatic heterocycles. The molecule has 3 heterocycles. The van der Waals surface area contributed by atoms with Gasteiger partial charge in [-0.25, -0.2) is 0 Å². The molecular formula is C25H41N3O2. The first-order chi connectivity index (χ1) is 14.6. The van der Waals surface area contributed by atoms with Crippen LogP contribution in [0.5, 0.6) is 11.5 Å². The van der Waals surface area contributed by atoms with Crippen molar-refractivity contribution < 1.29 is 9.47 Å². The summed E-state index contributed by atoms with van der Waals surface area (Å²) in [5.41, 5.74) is 1.36. The van der Waals surface area contributed by atoms with Crippen molar-refractivity contribution in [2.24, 2.45) is 11.8 Å². The zero-order valence-corrected chi connectivity index (χ0v) is 19.3. The molecule has 1 atom stereocenters. The lowest BCUT2D eigenvalue weighted by molar-refractivity contribution is 0.0737. The van der Waals surface area contributed by atoms with Crippen molar-refractivity contribution in [1.82, 2.24) is 14.7 Å². The molecule has 0 unspecified atom stereocenters. The number of fused-ring (bicyclic) bond motifs is 1. The third kappa shape index (κ3) is 5.68. The van der Waals surface area contributed by atoms with Crippen LogP contribution in [0.15, 0.2) is 18.2 Å². The molecule has 0 amide bonds. The van der Waals surface area contributed by atoms with Gasteiger partial charge in [-0.2, -0.15) is 0 Å². The first kappa shape index (κ1) is 21.9. The number of ether oxygens (including phenoxy) is 2. The largest absolute Gasteiger partial charge is 0.454 e. The summed E-state index contributed by atoms with van der Waals surface area (Å²) in [4.78, 5) is 7.96. The Balaban J connectivity index is 1.20. The van der Waals surface area contributed by atoms with Crippen molar-refractivity contribution in [2.75, 3.05) is 59.7 Å². The standard InChI is InChI=1S/C25H41N3O2/c1-4-27(17-20(2)15-22-5-6-24-25(16-22)30-19-29-24)18-21-7-13-28(14-8-21)23-9-11-26(3)12-10-23/h5-6,16,20-21,23H,4,7-15,17-19H2,1-3H3/t20-/m1/s1. The molecule has 0 bridgehead atoms. The molecule has 0 N–H and O–H groups in total. The maximum atomic E-state index is 5.54. The summed E-state index contributed by atoms with van der Waals surface area (Å²) in [5.74, 6) is 3.30. The van der Waals surface area contributed by atoms with Crippen LogP contribution in [0.1, 0.15) is 45.1 Å². The van der Waals surface area contributed by atoms with Gasteiger partial charge >= 0.3 is 0 Å². The van der Waals surface area contributed by atoms with Crippen LogP contribution in [-0.2, 0) is 6.42 Å². The van der Waals surface area contributed by atoms with E-state index >= 15 is 0 Å². The first-order valence-electron chi connectivity index (χ1n) is 12.1. The highest BCUT2D eigenvalue weighted by atomic mass is 16.7. The Morgan fingerprint density at radius 2 is 1.77 bits per heavy atom. The zero-order valence-electron chi connectivity index (χ0n) is 19.3. The van der Waals surface area contributed by atoms with Gasteiger partial charge in [-0.3, -0.25) is 0 Å². The van der Waals surface area contributed by atoms with E-state index in [1.165, 1.54) is 70.5 Å². The summed E-state index contributed by atoms with van der Waals surface area (Å²) in [7, 11) is 2.26. The van der Waals surface area contributed by atoms with E-state index in [4.69, 9.17) is 9.47 Å². The SMILES string of the molecule is CCN(CC1CCN(C2CCN(C)CC2)CC1)C[C@H](C)Cc1ccc2c(c1)OCO2. The van der Waals surface area contributed by atoms with Crippen LogP contribution in [0.3, 0.4) is 0 Å². The minimum atomic E-state index is 0.356. The average molecular weight is 416 g/mol. The van der Waals surface area contributed by atoms with Crippen LogP contribution in [0.4, 0.5) is 0 Å². The predicted molar refractivity (Wildman–Crippen MR) is 122 cm³/mol. The molecule has 1 aromatic rings. The molecule has 0 spiro atoms. The van der Waals surface area contributed by atoms with Gasteiger partial charge in [0.25, 0.3) is 0 Å². The van der Waals surface area contributed by atoms with Gasteiger partial charge in [0.05, 0.1) is 0 Å². The average Bonchev–Trinajstić information content (AvgIpc) is 3.22. The monoisotopic (exact) mass is 415 g/mol. The first-order valence-corrected chi connectivity index (χ1v) is 12.1. The molecule has 0 aromatic heterocycles. The molecular weight excluding hydrogens is 374 g/mol. The van der Waals surface area contributed by atoms with Crippen LogP contribution in [0.2, 0.25) is 0 Å². The quantitative estimate of drug-likeness (QED) is 0.645. The summed E-state index contributed by atoms with van der Waals surface area (Å²) < 4.78 is 11.0. The van der Waals surface area contributed by atoms with Crippen LogP contribution in [-0.4, -0.2) is 80.4 Å². The van der Waals surface area contributed by atoms with Crippen molar-refractivity contribution >= 4 is 0 Å². The fourth-order valence-electron chi connectivity index (χ4n) is 5.53. The second kappa shape index (κ2) is 10.3. The number of rotatable bonds is 8. The van der Waals surface area contributed by atoms with Crippen LogP contribution in [0, 0.1) is 11.8 Å². The Morgan fingerprint density at radius 3 is 2.50 bits per heavy atom. The summed E-state index contributed by atoms with van der Waals surface area (Å²) in [5, 5.41) is 0. The number of piperidine rings is 2. The smallest absolute Gasteiger partial charge is 0.231 e. The highest BCUT2D eigenvalue weighted by Gasteiger charge is 2.28. The van der Waals surface area contributed by atoms with Gasteiger partial charge in [-0.15, -0.1) is 0 Å². The molecule has 2 fully saturated rings. The maximum absolute atomic E-state index is 5.54. The summed E-state index contributed by atoms with van der Waals surface area (Å²) >= 11 is 0. The highest BCUT2D eigenvalue weighted by molar-refractivity contribution is 5.44. The van der Waals surface area contributed by atoms with E-state index in [9.17, 15) is 0 Å². The van der Waals surface area contributed by atoms with Gasteiger partial charge in [-0.1, -0.05) is 19.9 Å². The van der Waals surface area contributed by atoms with Crippen molar-refractivity contribution in [1.29, 1.82) is 0 Å². The molecule has 0 saturated carbocycles. The van der Waals surface area contributed by atoms with E-state index in [0.717, 1.165) is 36.4 Å². The van der Waals surface area contributed by atoms with Crippen LogP contribution >= 0.6 is 0 Å². The highest BCUT2D eigenvalue weighted by Crippen LogP contribution is 2.33. The molecule has 1 aromatic carbocycles. The minimum Gasteiger partial charge on any atom is -0.454 e. The summed E-state index contributed by atoms with van der Waals surface area (Å²) in [6, 6.07) is 7.25. The fraction of sp³-hybridized carbons (Fsp3) is 0.760. The molecule has 5 heteroatoms. The lowest BCUT2D eigenvalue weighted by atomic mass is 9.92. The Kier molecular flexibility index (Phi) is 7.55. The van der Waals surface area contributed by atoms with E-state index in [1.54, 1.807) is 0 Å². The van der Waals surface area contributed by atoms with Crippen molar-refractivity contribution in [3.05, 3.63) is 23.8 Å². The minimum absolute atomic E-state index is 0.356. The van der Waals surface area contributed by atoms with Gasteiger partial charge in [0, 0.05) is 19.1 Å². The molecule has 168 valence electrons. The molecule has 30 heavy (non-hydrogen) atoms. The van der Waals surface area contributed by atoms with Gasteiger partial charge in [0.2, 0.25) is 6.79 Å². The van der Waals surface area contributed by atoms with Crippen molar-refractivity contribution in [3.63, 3.8) is 0 Å². The Bertz CT molecular complexity index is 666. The second-order valence-corrected chi connectivity index (χ2v) is 9.86. The summed E-state index contributed by atoms with van der Waals surface area (Å²) in [6.45, 7) is 13.8. The molecule has 0 radical (unpaired) electrons. The maximum Gasteiger partial charge on any atom is 0.231 e. The Morgan fingerprint density at radius 1 is 1.03 bits per heavy atom. The van der Waals surface area contributed by atoms with Gasteiger partial charge < -0.3 is 24.2 Å². The van der Waals surface area contributed by atoms with E-state index in [-0.39, 0.29) is 0 Å². The molecule has 3 aliphatic rings. The molecule has 5 nitrogen and oxygen atoms in total. The van der Waals surface area contributed by atoms with Gasteiger partial charge in [0.15, 0.2) is 11.5 Å². The van der Waals surface area contributed by atoms with Gasteiger partial charge in [0.1, 0.15) is 0 Å². The number of hydrogen-bond acceptors (Lipinski definition) is 5. The third-order valence-electron chi connectivity index (χ3n) is 7.41. The van der Waals surface area contributed by atoms with Crippen molar-refractivity contribution in [3.8, 4) is 11.5 Å². The Labute approximate surface area is 183 Å². The van der Waals surface area contributed by atoms with Crippen LogP contribution in [0.25, 0.3) is 0 Å². The lowest BCUT2D eigenvalue weighted by Crippen LogP contribution is -2.48. The Hall–Kier alpha value is -1.30. The third-order valence-corrected chi connectivity index (χ3v) is 7.41. The van der Waals surface area contributed by atoms with Gasteiger partial charge in [-0.05, 0) is 101 Å². The van der Waals surface area contributed by atoms with E-state index < -0.39 is 0 Å². The number of hydrogen-bond donors (Lipinski definition) is 0.